The molecule has 0 spiro atoms. The van der Waals surface area contributed by atoms with Crippen LogP contribution in [-0.4, -0.2) is 50.1 Å². The van der Waals surface area contributed by atoms with Gasteiger partial charge in [-0.1, -0.05) is 122 Å². The summed E-state index contributed by atoms with van der Waals surface area (Å²) in [4.78, 5) is 27.8. The van der Waals surface area contributed by atoms with E-state index in [1.54, 1.807) is 24.3 Å². The number of hydrogen-bond acceptors (Lipinski definition) is 7. The van der Waals surface area contributed by atoms with Crippen LogP contribution in [0, 0.1) is 12.8 Å². The number of aryl methyl sites for hydroxylation is 1. The lowest BCUT2D eigenvalue weighted by atomic mass is 10.0. The molecule has 3 aromatic carbocycles. The number of carbonyl (C=O) groups is 2. The third-order valence-corrected chi connectivity index (χ3v) is 9.67. The fourth-order valence-corrected chi connectivity index (χ4v) is 6.91. The SMILES string of the molecule is CCCCCCCCCCCCOCCCNC(=O)c1cc(Sc2cc(C)ccc2OCCCC)c2c(NC(=O)OCC(C)C)cccc2c1O. The van der Waals surface area contributed by atoms with Gasteiger partial charge in [0.1, 0.15) is 11.5 Å². The number of anilines is 1. The van der Waals surface area contributed by atoms with E-state index in [-0.39, 0.29) is 29.7 Å². The largest absolute Gasteiger partial charge is 0.506 e. The van der Waals surface area contributed by atoms with Crippen molar-refractivity contribution in [3.8, 4) is 11.5 Å². The van der Waals surface area contributed by atoms with Crippen LogP contribution in [0.25, 0.3) is 10.8 Å². The van der Waals surface area contributed by atoms with Crippen LogP contribution < -0.4 is 15.4 Å². The van der Waals surface area contributed by atoms with Crippen molar-refractivity contribution in [2.75, 3.05) is 38.3 Å². The predicted molar refractivity (Wildman–Crippen MR) is 211 cm³/mol. The molecule has 0 aliphatic rings. The fraction of sp³-hybridized carbons (Fsp3) is 0.571. The summed E-state index contributed by atoms with van der Waals surface area (Å²) in [7, 11) is 0. The van der Waals surface area contributed by atoms with Crippen LogP contribution in [0.4, 0.5) is 10.5 Å². The molecule has 0 aromatic heterocycles. The Hall–Kier alpha value is -3.43. The van der Waals surface area contributed by atoms with Gasteiger partial charge in [-0.05, 0) is 61.9 Å². The Morgan fingerprint density at radius 3 is 2.20 bits per heavy atom. The standard InChI is InChI=1S/C42H62N2O6S/c1-6-8-10-11-12-13-14-15-16-17-25-48-26-19-24-43-41(46)34-29-38(51-37-28-32(5)22-23-36(37)49-27-9-7-2)39-33(40(34)45)20-18-21-35(39)44-42(47)50-30-31(3)4/h18,20-23,28-29,31,45H,6-17,19,24-27,30H2,1-5H3,(H,43,46)(H,44,47). The summed E-state index contributed by atoms with van der Waals surface area (Å²) in [6, 6.07) is 13.0. The Bertz CT molecular complexity index is 1490. The summed E-state index contributed by atoms with van der Waals surface area (Å²) >= 11 is 1.44. The smallest absolute Gasteiger partial charge is 0.411 e. The summed E-state index contributed by atoms with van der Waals surface area (Å²) in [6.45, 7) is 12.9. The Morgan fingerprint density at radius 2 is 1.49 bits per heavy atom. The number of rotatable bonds is 25. The monoisotopic (exact) mass is 722 g/mol. The molecule has 0 heterocycles. The molecule has 2 amide bonds. The second-order valence-electron chi connectivity index (χ2n) is 13.8. The highest BCUT2D eigenvalue weighted by molar-refractivity contribution is 7.99. The molecule has 8 nitrogen and oxygen atoms in total. The molecule has 0 saturated heterocycles. The van der Waals surface area contributed by atoms with Gasteiger partial charge in [0.15, 0.2) is 0 Å². The van der Waals surface area contributed by atoms with Crippen LogP contribution in [0.5, 0.6) is 11.5 Å². The number of nitrogens with one attached hydrogen (secondary N) is 2. The van der Waals surface area contributed by atoms with Gasteiger partial charge >= 0.3 is 6.09 Å². The normalized spacial score (nSPS) is 11.3. The molecule has 0 unspecified atom stereocenters. The first-order valence-electron chi connectivity index (χ1n) is 19.2. The van der Waals surface area contributed by atoms with E-state index < -0.39 is 6.09 Å². The Balaban J connectivity index is 1.69. The maximum absolute atomic E-state index is 13.5. The van der Waals surface area contributed by atoms with Crippen molar-refractivity contribution in [3.05, 3.63) is 53.6 Å². The van der Waals surface area contributed by atoms with Crippen molar-refractivity contribution in [2.24, 2.45) is 5.92 Å². The zero-order valence-corrected chi connectivity index (χ0v) is 32.6. The van der Waals surface area contributed by atoms with E-state index in [2.05, 4.69) is 24.5 Å². The highest BCUT2D eigenvalue weighted by Crippen LogP contribution is 2.45. The van der Waals surface area contributed by atoms with Crippen molar-refractivity contribution in [3.63, 3.8) is 0 Å². The maximum Gasteiger partial charge on any atom is 0.411 e. The zero-order valence-electron chi connectivity index (χ0n) is 31.7. The Kier molecular flexibility index (Phi) is 19.7. The number of hydrogen-bond donors (Lipinski definition) is 3. The number of benzene rings is 3. The summed E-state index contributed by atoms with van der Waals surface area (Å²) in [6.07, 6.45) is 15.0. The van der Waals surface area contributed by atoms with Crippen LogP contribution in [-0.2, 0) is 9.47 Å². The van der Waals surface area contributed by atoms with Crippen LogP contribution in [0.1, 0.15) is 127 Å². The molecular weight excluding hydrogens is 661 g/mol. The van der Waals surface area contributed by atoms with Crippen molar-refractivity contribution in [1.29, 1.82) is 0 Å². The first-order valence-corrected chi connectivity index (χ1v) is 20.1. The van der Waals surface area contributed by atoms with Gasteiger partial charge < -0.3 is 24.6 Å². The van der Waals surface area contributed by atoms with Gasteiger partial charge in [-0.25, -0.2) is 4.79 Å². The number of ether oxygens (including phenoxy) is 3. The summed E-state index contributed by atoms with van der Waals surface area (Å²) in [5, 5.41) is 18.3. The highest BCUT2D eigenvalue weighted by atomic mass is 32.2. The minimum Gasteiger partial charge on any atom is -0.506 e. The van der Waals surface area contributed by atoms with E-state index in [1.807, 2.05) is 39.0 Å². The topological polar surface area (TPSA) is 106 Å². The Labute approximate surface area is 310 Å². The van der Waals surface area contributed by atoms with Crippen LogP contribution in [0.15, 0.2) is 52.3 Å². The minimum absolute atomic E-state index is 0.146. The zero-order chi connectivity index (χ0) is 36.8. The van der Waals surface area contributed by atoms with E-state index in [1.165, 1.54) is 69.5 Å². The number of carbonyl (C=O) groups excluding carboxylic acids is 2. The number of phenols is 1. The molecule has 0 aliphatic carbocycles. The first-order chi connectivity index (χ1) is 24.7. The van der Waals surface area contributed by atoms with Crippen LogP contribution >= 0.6 is 11.8 Å². The molecule has 9 heteroatoms. The van der Waals surface area contributed by atoms with Gasteiger partial charge in [0.2, 0.25) is 0 Å². The number of phenolic OH excluding ortho intramolecular Hbond substituents is 1. The lowest BCUT2D eigenvalue weighted by molar-refractivity contribution is 0.0937. The summed E-state index contributed by atoms with van der Waals surface area (Å²) < 4.78 is 17.4. The molecule has 51 heavy (non-hydrogen) atoms. The van der Waals surface area contributed by atoms with Gasteiger partial charge in [-0.15, -0.1) is 0 Å². The van der Waals surface area contributed by atoms with Crippen molar-refractivity contribution >= 4 is 40.2 Å². The third kappa shape index (κ3) is 15.0. The highest BCUT2D eigenvalue weighted by Gasteiger charge is 2.22. The lowest BCUT2D eigenvalue weighted by Gasteiger charge is -2.18. The molecule has 0 atom stereocenters. The minimum atomic E-state index is -0.581. The average Bonchev–Trinajstić information content (AvgIpc) is 3.11. The Morgan fingerprint density at radius 1 is 0.804 bits per heavy atom. The molecule has 282 valence electrons. The fourth-order valence-electron chi connectivity index (χ4n) is 5.70. The molecule has 3 rings (SSSR count). The van der Waals surface area contributed by atoms with E-state index in [9.17, 15) is 14.7 Å². The summed E-state index contributed by atoms with van der Waals surface area (Å²) in [5.41, 5.74) is 1.70. The van der Waals surface area contributed by atoms with Crippen molar-refractivity contribution in [2.45, 2.75) is 128 Å². The van der Waals surface area contributed by atoms with Crippen LogP contribution in [0.2, 0.25) is 0 Å². The van der Waals surface area contributed by atoms with E-state index >= 15 is 0 Å². The molecule has 0 fully saturated rings. The predicted octanol–water partition coefficient (Wildman–Crippen LogP) is 11.4. The number of unbranched alkanes of at least 4 members (excludes halogenated alkanes) is 10. The number of fused-ring (bicyclic) bond motifs is 1. The first kappa shape index (κ1) is 42.0. The van der Waals surface area contributed by atoms with Gasteiger partial charge in [0, 0.05) is 35.4 Å². The second kappa shape index (κ2) is 23.9. The quantitative estimate of drug-likeness (QED) is 0.0747. The summed E-state index contributed by atoms with van der Waals surface area (Å²) in [5.74, 6) is 0.408. The molecule has 3 N–H and O–H groups in total. The molecular formula is C42H62N2O6S. The molecule has 3 aromatic rings. The maximum atomic E-state index is 13.5. The molecule has 0 bridgehead atoms. The van der Waals surface area contributed by atoms with Gasteiger partial charge in [0.25, 0.3) is 5.91 Å². The molecule has 0 aliphatic heterocycles. The van der Waals surface area contributed by atoms with Crippen molar-refractivity contribution in [1.82, 2.24) is 5.32 Å². The van der Waals surface area contributed by atoms with Gasteiger partial charge in [-0.3, -0.25) is 10.1 Å². The second-order valence-corrected chi connectivity index (χ2v) is 14.9. The van der Waals surface area contributed by atoms with Gasteiger partial charge in [-0.2, -0.15) is 0 Å². The number of aromatic hydroxyl groups is 1. The molecule has 0 saturated carbocycles. The molecule has 0 radical (unpaired) electrons. The van der Waals surface area contributed by atoms with Crippen molar-refractivity contribution < 1.29 is 28.9 Å². The third-order valence-electron chi connectivity index (χ3n) is 8.59. The van der Waals surface area contributed by atoms with E-state index in [0.717, 1.165) is 42.1 Å². The number of amides is 2. The lowest BCUT2D eigenvalue weighted by Crippen LogP contribution is -2.25. The average molecular weight is 723 g/mol. The van der Waals surface area contributed by atoms with E-state index in [0.29, 0.717) is 47.5 Å². The van der Waals surface area contributed by atoms with E-state index in [4.69, 9.17) is 14.2 Å². The van der Waals surface area contributed by atoms with Crippen LogP contribution in [0.3, 0.4) is 0 Å². The van der Waals surface area contributed by atoms with Gasteiger partial charge in [0.05, 0.1) is 29.4 Å².